The molecule has 21 heavy (non-hydrogen) atoms. The van der Waals surface area contributed by atoms with Crippen molar-refractivity contribution in [3.63, 3.8) is 0 Å². The van der Waals surface area contributed by atoms with Crippen LogP contribution >= 0.6 is 0 Å². The van der Waals surface area contributed by atoms with E-state index in [4.69, 9.17) is 15.2 Å². The predicted octanol–water partition coefficient (Wildman–Crippen LogP) is 1.67. The Bertz CT molecular complexity index is 607. The highest BCUT2D eigenvalue weighted by Gasteiger charge is 2.21. The number of rotatable bonds is 4. The lowest BCUT2D eigenvalue weighted by molar-refractivity contribution is 0.0662. The molecule has 112 valence electrons. The summed E-state index contributed by atoms with van der Waals surface area (Å²) in [7, 11) is 0. The van der Waals surface area contributed by atoms with Gasteiger partial charge in [-0.25, -0.2) is 4.68 Å². The van der Waals surface area contributed by atoms with Gasteiger partial charge < -0.3 is 15.2 Å². The van der Waals surface area contributed by atoms with Gasteiger partial charge in [0.25, 0.3) is 0 Å². The van der Waals surface area contributed by atoms with Crippen LogP contribution in [-0.4, -0.2) is 40.0 Å². The molecule has 0 bridgehead atoms. The zero-order chi connectivity index (χ0) is 14.7. The van der Waals surface area contributed by atoms with Crippen molar-refractivity contribution in [3.8, 4) is 17.1 Å². The molecule has 1 aliphatic heterocycles. The van der Waals surface area contributed by atoms with Gasteiger partial charge in [-0.3, -0.25) is 0 Å². The third-order valence-electron chi connectivity index (χ3n) is 3.60. The van der Waals surface area contributed by atoms with Crippen molar-refractivity contribution in [2.45, 2.75) is 25.8 Å². The highest BCUT2D eigenvalue weighted by molar-refractivity contribution is 5.66. The second kappa shape index (κ2) is 6.09. The summed E-state index contributed by atoms with van der Waals surface area (Å²) in [6.07, 6.45) is 1.84. The lowest BCUT2D eigenvalue weighted by atomic mass is 10.1. The molecular weight excluding hydrogens is 270 g/mol. The molecule has 0 amide bonds. The quantitative estimate of drug-likeness (QED) is 0.861. The third-order valence-corrected chi connectivity index (χ3v) is 3.60. The van der Waals surface area contributed by atoms with E-state index in [1.165, 1.54) is 0 Å². The topological polar surface area (TPSA) is 88.1 Å². The van der Waals surface area contributed by atoms with E-state index in [0.717, 1.165) is 37.4 Å². The molecule has 1 saturated heterocycles. The van der Waals surface area contributed by atoms with Crippen molar-refractivity contribution in [1.82, 2.24) is 20.2 Å². The third kappa shape index (κ3) is 2.82. The first-order chi connectivity index (χ1) is 10.3. The molecule has 2 N–H and O–H groups in total. The predicted molar refractivity (Wildman–Crippen MR) is 77.9 cm³/mol. The fourth-order valence-corrected chi connectivity index (χ4v) is 2.53. The van der Waals surface area contributed by atoms with Crippen molar-refractivity contribution in [2.75, 3.05) is 25.6 Å². The van der Waals surface area contributed by atoms with Gasteiger partial charge in [-0.15, -0.1) is 5.10 Å². The Morgan fingerprint density at radius 1 is 1.38 bits per heavy atom. The molecule has 0 unspecified atom stereocenters. The second-order valence-electron chi connectivity index (χ2n) is 4.98. The lowest BCUT2D eigenvalue weighted by Gasteiger charge is -2.22. The van der Waals surface area contributed by atoms with Crippen LogP contribution in [0.5, 0.6) is 5.75 Å². The van der Waals surface area contributed by atoms with Gasteiger partial charge in [0.15, 0.2) is 5.82 Å². The van der Waals surface area contributed by atoms with Gasteiger partial charge in [0.2, 0.25) is 0 Å². The molecule has 0 aliphatic carbocycles. The summed E-state index contributed by atoms with van der Waals surface area (Å²) in [5, 5.41) is 12.1. The minimum Gasteiger partial charge on any atom is -0.492 e. The summed E-state index contributed by atoms with van der Waals surface area (Å²) in [5.41, 5.74) is 7.51. The van der Waals surface area contributed by atoms with Gasteiger partial charge in [0, 0.05) is 18.8 Å². The molecule has 7 nitrogen and oxygen atoms in total. The number of hydrogen-bond donors (Lipinski definition) is 1. The van der Waals surface area contributed by atoms with Crippen molar-refractivity contribution < 1.29 is 9.47 Å². The highest BCUT2D eigenvalue weighted by Crippen LogP contribution is 2.30. The van der Waals surface area contributed by atoms with Gasteiger partial charge in [0.05, 0.1) is 18.3 Å². The van der Waals surface area contributed by atoms with Crippen LogP contribution in [0.1, 0.15) is 25.8 Å². The number of nitrogens with two attached hydrogens (primary N) is 1. The van der Waals surface area contributed by atoms with Crippen LogP contribution in [0.4, 0.5) is 5.69 Å². The average molecular weight is 289 g/mol. The zero-order valence-electron chi connectivity index (χ0n) is 12.0. The van der Waals surface area contributed by atoms with Gasteiger partial charge in [-0.1, -0.05) is 0 Å². The number of tetrazole rings is 1. The first kappa shape index (κ1) is 13.8. The van der Waals surface area contributed by atoms with Crippen LogP contribution in [0.2, 0.25) is 0 Å². The smallest absolute Gasteiger partial charge is 0.182 e. The van der Waals surface area contributed by atoms with Crippen LogP contribution in [0.15, 0.2) is 18.2 Å². The maximum absolute atomic E-state index is 6.02. The molecule has 1 fully saturated rings. The molecule has 1 aliphatic rings. The highest BCUT2D eigenvalue weighted by atomic mass is 16.5. The van der Waals surface area contributed by atoms with Gasteiger partial charge in [-0.2, -0.15) is 0 Å². The lowest BCUT2D eigenvalue weighted by Crippen LogP contribution is -2.21. The number of anilines is 1. The molecule has 1 aromatic heterocycles. The SMILES string of the molecule is CCOc1ccc(-c2nnnn2C2CCOCC2)cc1N. The second-order valence-corrected chi connectivity index (χ2v) is 4.98. The van der Waals surface area contributed by atoms with E-state index < -0.39 is 0 Å². The van der Waals surface area contributed by atoms with E-state index in [1.54, 1.807) is 0 Å². The Morgan fingerprint density at radius 2 is 2.19 bits per heavy atom. The van der Waals surface area contributed by atoms with E-state index >= 15 is 0 Å². The summed E-state index contributed by atoms with van der Waals surface area (Å²) in [6, 6.07) is 5.92. The van der Waals surface area contributed by atoms with Crippen molar-refractivity contribution >= 4 is 5.69 Å². The van der Waals surface area contributed by atoms with Gasteiger partial charge in [0.1, 0.15) is 5.75 Å². The molecule has 0 spiro atoms. The Labute approximate surface area is 123 Å². The molecule has 2 heterocycles. The largest absolute Gasteiger partial charge is 0.492 e. The summed E-state index contributed by atoms with van der Waals surface area (Å²) >= 11 is 0. The molecule has 1 aromatic carbocycles. The Hall–Kier alpha value is -2.15. The first-order valence-corrected chi connectivity index (χ1v) is 7.18. The monoisotopic (exact) mass is 289 g/mol. The standard InChI is InChI=1S/C14H19N5O2/c1-2-21-13-4-3-10(9-12(13)15)14-16-17-18-19(14)11-5-7-20-8-6-11/h3-4,9,11H,2,5-8,15H2,1H3. The summed E-state index contributed by atoms with van der Waals surface area (Å²) in [6.45, 7) is 4.01. The van der Waals surface area contributed by atoms with Crippen LogP contribution in [0.3, 0.4) is 0 Å². The number of nitrogen functional groups attached to an aromatic ring is 1. The number of aromatic nitrogens is 4. The van der Waals surface area contributed by atoms with E-state index in [1.807, 2.05) is 29.8 Å². The number of nitrogens with zero attached hydrogens (tertiary/aromatic N) is 4. The van der Waals surface area contributed by atoms with Crippen LogP contribution < -0.4 is 10.5 Å². The fraction of sp³-hybridized carbons (Fsp3) is 0.500. The summed E-state index contributed by atoms with van der Waals surface area (Å²) in [5.74, 6) is 1.42. The Kier molecular flexibility index (Phi) is 4.01. The number of hydrogen-bond acceptors (Lipinski definition) is 6. The molecule has 7 heteroatoms. The van der Waals surface area contributed by atoms with E-state index in [0.29, 0.717) is 18.0 Å². The zero-order valence-corrected chi connectivity index (χ0v) is 12.0. The minimum atomic E-state index is 0.275. The number of benzene rings is 1. The van der Waals surface area contributed by atoms with Crippen LogP contribution in [0, 0.1) is 0 Å². The van der Waals surface area contributed by atoms with Crippen molar-refractivity contribution in [2.24, 2.45) is 0 Å². The maximum atomic E-state index is 6.02. The summed E-state index contributed by atoms with van der Waals surface area (Å²) < 4.78 is 12.7. The molecule has 0 saturated carbocycles. The van der Waals surface area contributed by atoms with Crippen LogP contribution in [-0.2, 0) is 4.74 Å². The Morgan fingerprint density at radius 3 is 2.90 bits per heavy atom. The van der Waals surface area contributed by atoms with Gasteiger partial charge >= 0.3 is 0 Å². The molecule has 2 aromatic rings. The van der Waals surface area contributed by atoms with Gasteiger partial charge in [-0.05, 0) is 48.4 Å². The fourth-order valence-electron chi connectivity index (χ4n) is 2.53. The molecule has 0 atom stereocenters. The minimum absolute atomic E-state index is 0.275. The maximum Gasteiger partial charge on any atom is 0.182 e. The average Bonchev–Trinajstić information content (AvgIpc) is 3.00. The van der Waals surface area contributed by atoms with E-state index in [-0.39, 0.29) is 6.04 Å². The van der Waals surface area contributed by atoms with E-state index in [9.17, 15) is 0 Å². The first-order valence-electron chi connectivity index (χ1n) is 7.18. The Balaban J connectivity index is 1.90. The molecular formula is C14H19N5O2. The van der Waals surface area contributed by atoms with Crippen LogP contribution in [0.25, 0.3) is 11.4 Å². The molecule has 3 rings (SSSR count). The molecule has 0 radical (unpaired) electrons. The van der Waals surface area contributed by atoms with E-state index in [2.05, 4.69) is 15.5 Å². The van der Waals surface area contributed by atoms with Crippen molar-refractivity contribution in [3.05, 3.63) is 18.2 Å². The summed E-state index contributed by atoms with van der Waals surface area (Å²) in [4.78, 5) is 0. The normalized spacial score (nSPS) is 16.0. The van der Waals surface area contributed by atoms with Crippen molar-refractivity contribution in [1.29, 1.82) is 0 Å². The number of ether oxygens (including phenoxy) is 2.